The topological polar surface area (TPSA) is 8.17 Å². The van der Waals surface area contributed by atoms with Crippen molar-refractivity contribution in [1.29, 1.82) is 0 Å². The van der Waals surface area contributed by atoms with Crippen LogP contribution in [0.15, 0.2) is 304 Å². The largest absolute Gasteiger partial charge is 0.310 e. The summed E-state index contributed by atoms with van der Waals surface area (Å²) in [6.45, 7) is 17.6. The number of allylic oxidation sites excluding steroid dienone is 5. The number of aromatic nitrogens is 1. The Morgan fingerprint density at radius 2 is 0.866 bits per heavy atom. The summed E-state index contributed by atoms with van der Waals surface area (Å²) in [6, 6.07) is 98.3. The van der Waals surface area contributed by atoms with Crippen LogP contribution in [0.2, 0.25) is 0 Å². The molecule has 1 aromatic heterocycles. The van der Waals surface area contributed by atoms with Gasteiger partial charge < -0.3 is 9.47 Å². The van der Waals surface area contributed by atoms with Crippen LogP contribution in [0.3, 0.4) is 0 Å². The molecule has 0 radical (unpaired) electrons. The summed E-state index contributed by atoms with van der Waals surface area (Å²) in [7, 11) is 0. The lowest BCUT2D eigenvalue weighted by Gasteiger charge is -2.34. The van der Waals surface area contributed by atoms with Gasteiger partial charge in [-0.25, -0.2) is 0 Å². The Morgan fingerprint density at radius 3 is 1.52 bits per heavy atom. The molecule has 0 saturated heterocycles. The standard InChI is InChI=1S/C69H50N2.C6H10.C3H6.C2H6/c1-47-20-12-13-29-58(47)61-46-57(40-36-48(61)2)70(55-27-10-5-11-28-55)56-41-37-49(38-42-56)50-21-18-22-51(44-50)52-39-43-66-62(45-52)59-30-15-17-34-65(59)71(66)67-35-19-33-64-68(67)60-31-14-16-32-63(60)69(64,53-23-6-3-7-24-53)54-25-8-4-9-26-54;1-3-5-6-4-2;1-3-2;1-2/h3-46H,1-2H3;3-6H,1-2H3;3H,1H2,2H3;1-2H3/b;5-3-,6-4-;;. The Balaban J connectivity index is 0.000000633. The molecule has 1 heterocycles. The SMILES string of the molecule is C/C=C\C=C/C.C=CC.CC.Cc1ccccc1-c1cc(N(c2ccccc2)c2ccc(-c3cccc(-c4ccc5c(c4)c4ccccc4n5-c4cccc5c4-c4ccccc4C5(c4ccccc4)c4ccccc4)c3)cc2)ccc1C. The number of fused-ring (bicyclic) bond motifs is 6. The predicted octanol–water partition coefficient (Wildman–Crippen LogP) is 22.6. The van der Waals surface area contributed by atoms with Crippen molar-refractivity contribution in [2.75, 3.05) is 4.90 Å². The molecule has 1 aliphatic carbocycles. The Bertz CT molecular complexity index is 4130. The van der Waals surface area contributed by atoms with Gasteiger partial charge >= 0.3 is 0 Å². The first-order valence-corrected chi connectivity index (χ1v) is 28.8. The van der Waals surface area contributed by atoms with Gasteiger partial charge in [-0.2, -0.15) is 0 Å². The maximum atomic E-state index is 3.36. The van der Waals surface area contributed by atoms with Crippen molar-refractivity contribution in [2.24, 2.45) is 0 Å². The Morgan fingerprint density at radius 1 is 0.378 bits per heavy atom. The lowest BCUT2D eigenvalue weighted by molar-refractivity contribution is 0.768. The molecule has 12 aromatic rings. The average molecular weight is 1060 g/mol. The number of nitrogens with zero attached hydrogens (tertiary/aromatic N) is 2. The van der Waals surface area contributed by atoms with Gasteiger partial charge in [0.05, 0.1) is 22.1 Å². The summed E-state index contributed by atoms with van der Waals surface area (Å²) in [6.07, 6.45) is 9.75. The van der Waals surface area contributed by atoms with Crippen LogP contribution < -0.4 is 4.90 Å². The summed E-state index contributed by atoms with van der Waals surface area (Å²) < 4.78 is 2.51. The minimum absolute atomic E-state index is 0.476. The highest BCUT2D eigenvalue weighted by Crippen LogP contribution is 2.58. The van der Waals surface area contributed by atoms with Gasteiger partial charge in [0, 0.05) is 33.4 Å². The monoisotopic (exact) mass is 1060 g/mol. The molecule has 0 N–H and O–H groups in total. The van der Waals surface area contributed by atoms with Crippen molar-refractivity contribution in [1.82, 2.24) is 4.57 Å². The molecule has 2 heteroatoms. The van der Waals surface area contributed by atoms with Crippen LogP contribution in [0.4, 0.5) is 17.1 Å². The minimum atomic E-state index is -0.476. The molecular formula is C80H72N2. The van der Waals surface area contributed by atoms with Crippen LogP contribution in [0.1, 0.15) is 68.0 Å². The van der Waals surface area contributed by atoms with E-state index in [0.717, 1.165) is 17.1 Å². The fourth-order valence-corrected chi connectivity index (χ4v) is 11.9. The second-order valence-corrected chi connectivity index (χ2v) is 20.4. The summed E-state index contributed by atoms with van der Waals surface area (Å²) in [5.41, 5.74) is 23.9. The van der Waals surface area contributed by atoms with Gasteiger partial charge in [-0.15, -0.1) is 6.58 Å². The van der Waals surface area contributed by atoms with Crippen LogP contribution in [-0.2, 0) is 5.41 Å². The van der Waals surface area contributed by atoms with Gasteiger partial charge in [-0.3, -0.25) is 0 Å². The van der Waals surface area contributed by atoms with E-state index in [2.05, 4.69) is 297 Å². The zero-order valence-electron chi connectivity index (χ0n) is 48.4. The Kier molecular flexibility index (Phi) is 17.3. The van der Waals surface area contributed by atoms with Gasteiger partial charge in [0.25, 0.3) is 0 Å². The third-order valence-electron chi connectivity index (χ3n) is 15.5. The van der Waals surface area contributed by atoms with Crippen molar-refractivity contribution in [2.45, 2.75) is 53.9 Å². The van der Waals surface area contributed by atoms with E-state index < -0.39 is 5.41 Å². The number of para-hydroxylation sites is 2. The highest BCUT2D eigenvalue weighted by Gasteiger charge is 2.47. The zero-order valence-corrected chi connectivity index (χ0v) is 48.4. The smallest absolute Gasteiger partial charge is 0.0714 e. The first kappa shape index (κ1) is 55.6. The van der Waals surface area contributed by atoms with E-state index >= 15 is 0 Å². The quantitative estimate of drug-likeness (QED) is 0.0979. The molecule has 0 aliphatic heterocycles. The number of anilines is 3. The summed E-state index contributed by atoms with van der Waals surface area (Å²) >= 11 is 0. The number of hydrogen-bond acceptors (Lipinski definition) is 1. The van der Waals surface area contributed by atoms with E-state index in [0.29, 0.717) is 0 Å². The molecule has 0 saturated carbocycles. The van der Waals surface area contributed by atoms with E-state index in [-0.39, 0.29) is 0 Å². The molecule has 0 unspecified atom stereocenters. The number of rotatable bonds is 10. The first-order chi connectivity index (χ1) is 40.4. The van der Waals surface area contributed by atoms with Gasteiger partial charge in [0.15, 0.2) is 0 Å². The molecule has 82 heavy (non-hydrogen) atoms. The second-order valence-electron chi connectivity index (χ2n) is 20.4. The van der Waals surface area contributed by atoms with Gasteiger partial charge in [0.2, 0.25) is 0 Å². The van der Waals surface area contributed by atoms with E-state index in [1.807, 2.05) is 58.9 Å². The van der Waals surface area contributed by atoms with Crippen LogP contribution in [0, 0.1) is 13.8 Å². The molecule has 11 aromatic carbocycles. The van der Waals surface area contributed by atoms with Gasteiger partial charge in [-0.05, 0) is 174 Å². The molecule has 2 nitrogen and oxygen atoms in total. The van der Waals surface area contributed by atoms with Crippen LogP contribution in [-0.4, -0.2) is 4.57 Å². The Hall–Kier alpha value is -9.76. The lowest BCUT2D eigenvalue weighted by atomic mass is 9.68. The number of hydrogen-bond donors (Lipinski definition) is 0. The molecule has 13 rings (SSSR count). The fraction of sp³-hybridized carbons (Fsp3) is 0.100. The van der Waals surface area contributed by atoms with Gasteiger partial charge in [0.1, 0.15) is 0 Å². The highest BCUT2D eigenvalue weighted by molar-refractivity contribution is 6.11. The maximum Gasteiger partial charge on any atom is 0.0714 e. The van der Waals surface area contributed by atoms with Crippen molar-refractivity contribution >= 4 is 38.9 Å². The first-order valence-electron chi connectivity index (χ1n) is 28.8. The number of benzene rings is 11. The molecule has 0 atom stereocenters. The maximum absolute atomic E-state index is 3.36. The molecular weight excluding hydrogens is 989 g/mol. The number of aryl methyl sites for hydroxylation is 2. The average Bonchev–Trinajstić information content (AvgIpc) is 3.56. The zero-order chi connectivity index (χ0) is 57.0. The summed E-state index contributed by atoms with van der Waals surface area (Å²) in [5, 5.41) is 2.47. The minimum Gasteiger partial charge on any atom is -0.310 e. The summed E-state index contributed by atoms with van der Waals surface area (Å²) in [5.74, 6) is 0. The third-order valence-corrected chi connectivity index (χ3v) is 15.5. The van der Waals surface area contributed by atoms with E-state index in [9.17, 15) is 0 Å². The lowest BCUT2D eigenvalue weighted by Crippen LogP contribution is -2.28. The second kappa shape index (κ2) is 25.6. The van der Waals surface area contributed by atoms with Crippen LogP contribution >= 0.6 is 0 Å². The molecule has 0 spiro atoms. The van der Waals surface area contributed by atoms with E-state index in [4.69, 9.17) is 0 Å². The molecule has 402 valence electrons. The van der Waals surface area contributed by atoms with Crippen molar-refractivity contribution in [3.63, 3.8) is 0 Å². The fourth-order valence-electron chi connectivity index (χ4n) is 11.9. The molecule has 0 amide bonds. The van der Waals surface area contributed by atoms with Crippen LogP contribution in [0.5, 0.6) is 0 Å². The van der Waals surface area contributed by atoms with Crippen molar-refractivity contribution in [3.8, 4) is 50.2 Å². The highest BCUT2D eigenvalue weighted by atomic mass is 15.1. The summed E-state index contributed by atoms with van der Waals surface area (Å²) in [4.78, 5) is 2.36. The normalized spacial score (nSPS) is 11.9. The van der Waals surface area contributed by atoms with Crippen molar-refractivity contribution in [3.05, 3.63) is 337 Å². The molecule has 0 bridgehead atoms. The van der Waals surface area contributed by atoms with E-state index in [1.54, 1.807) is 6.08 Å². The molecule has 1 aliphatic rings. The third kappa shape index (κ3) is 10.6. The molecule has 0 fully saturated rings. The van der Waals surface area contributed by atoms with Gasteiger partial charge in [-0.1, -0.05) is 244 Å². The Labute approximate surface area is 487 Å². The predicted molar refractivity (Wildman–Crippen MR) is 355 cm³/mol. The van der Waals surface area contributed by atoms with E-state index in [1.165, 1.54) is 105 Å². The van der Waals surface area contributed by atoms with Crippen LogP contribution in [0.25, 0.3) is 72.0 Å². The van der Waals surface area contributed by atoms with Crippen molar-refractivity contribution < 1.29 is 0 Å².